The van der Waals surface area contributed by atoms with Gasteiger partial charge in [0, 0.05) is 10.8 Å². The van der Waals surface area contributed by atoms with Crippen LogP contribution in [-0.2, 0) is 17.3 Å². The Morgan fingerprint density at radius 2 is 0.909 bits per heavy atom. The van der Waals surface area contributed by atoms with Crippen LogP contribution in [0.3, 0.4) is 0 Å². The van der Waals surface area contributed by atoms with Crippen molar-refractivity contribution in [2.75, 3.05) is 0 Å². The van der Waals surface area contributed by atoms with Crippen LogP contribution in [0.25, 0.3) is 0 Å². The first-order chi connectivity index (χ1) is 15.9. The lowest BCUT2D eigenvalue weighted by Crippen LogP contribution is -2.20. The molecule has 2 aliphatic rings. The maximum absolute atomic E-state index is 2.40. The fourth-order valence-corrected chi connectivity index (χ4v) is 4.80. The fraction of sp³-hybridized carbons (Fsp3) is 0.394. The quantitative estimate of drug-likeness (QED) is 0.421. The molecule has 2 aromatic carbocycles. The zero-order chi connectivity index (χ0) is 23.9. The van der Waals surface area contributed by atoms with Crippen LogP contribution in [0.1, 0.15) is 89.5 Å². The Bertz CT molecular complexity index is 933. The summed E-state index contributed by atoms with van der Waals surface area (Å²) in [4.78, 5) is 0. The lowest BCUT2D eigenvalue weighted by atomic mass is 9.75. The van der Waals surface area contributed by atoms with Gasteiger partial charge in [-0.2, -0.15) is 0 Å². The lowest BCUT2D eigenvalue weighted by Gasteiger charge is -2.29. The molecule has 0 aromatic heterocycles. The largest absolute Gasteiger partial charge is 0.0839 e. The number of benzene rings is 2. The molecule has 2 aliphatic carbocycles. The van der Waals surface area contributed by atoms with Crippen molar-refractivity contribution in [3.8, 4) is 0 Å². The normalized spacial score (nSPS) is 15.9. The van der Waals surface area contributed by atoms with E-state index in [2.05, 4.69) is 113 Å². The van der Waals surface area contributed by atoms with Crippen molar-refractivity contribution in [2.24, 2.45) is 0 Å². The Balaban J connectivity index is 0.00000149. The third-order valence-corrected chi connectivity index (χ3v) is 7.19. The summed E-state index contributed by atoms with van der Waals surface area (Å²) in [7, 11) is 0. The van der Waals surface area contributed by atoms with Crippen molar-refractivity contribution in [1.82, 2.24) is 0 Å². The smallest absolute Gasteiger partial charge is 0.0143 e. The number of hydrogen-bond acceptors (Lipinski definition) is 0. The van der Waals surface area contributed by atoms with E-state index in [0.29, 0.717) is 0 Å². The molecular weight excluding hydrogens is 396 g/mol. The molecule has 0 spiro atoms. The molecule has 174 valence electrons. The van der Waals surface area contributed by atoms with E-state index in [1.54, 1.807) is 0 Å². The topological polar surface area (TPSA) is 0 Å². The van der Waals surface area contributed by atoms with Gasteiger partial charge in [-0.3, -0.25) is 0 Å². The summed E-state index contributed by atoms with van der Waals surface area (Å²) in [5, 5.41) is 0. The minimum Gasteiger partial charge on any atom is -0.0839 e. The molecule has 0 N–H and O–H groups in total. The van der Waals surface area contributed by atoms with Crippen LogP contribution in [0.2, 0.25) is 0 Å². The van der Waals surface area contributed by atoms with Crippen LogP contribution >= 0.6 is 0 Å². The molecule has 0 unspecified atom stereocenters. The molecule has 0 amide bonds. The monoisotopic (exact) mass is 438 g/mol. The van der Waals surface area contributed by atoms with Crippen LogP contribution in [0.5, 0.6) is 0 Å². The van der Waals surface area contributed by atoms with Gasteiger partial charge in [0.2, 0.25) is 0 Å². The molecule has 0 aliphatic heterocycles. The first kappa shape index (κ1) is 25.0. The van der Waals surface area contributed by atoms with E-state index < -0.39 is 0 Å². The second-order valence-corrected chi connectivity index (χ2v) is 10.1. The zero-order valence-electron chi connectivity index (χ0n) is 21.6. The standard InChI is InChI=1S/C31H36.C2H6/c1-30(2,26-11-7-5-8-12-26)28-19-15-24(16-20-28)23-25-17-21-29(22-18-25)31(3,4)27-13-9-6-10-14-27;1-2/h7,9,11-22H,5-6,8,10,23H2,1-4H3;1-2H3. The van der Waals surface area contributed by atoms with E-state index in [9.17, 15) is 0 Å². The van der Waals surface area contributed by atoms with Crippen molar-refractivity contribution < 1.29 is 0 Å². The van der Waals surface area contributed by atoms with Gasteiger partial charge in [0.1, 0.15) is 0 Å². The van der Waals surface area contributed by atoms with Gasteiger partial charge in [-0.15, -0.1) is 0 Å². The molecule has 0 fully saturated rings. The number of rotatable bonds is 6. The summed E-state index contributed by atoms with van der Waals surface area (Å²) in [6.45, 7) is 13.3. The Kier molecular flexibility index (Phi) is 8.35. The van der Waals surface area contributed by atoms with Gasteiger partial charge in [0.05, 0.1) is 0 Å². The summed E-state index contributed by atoms with van der Waals surface area (Å²) in [5.41, 5.74) is 8.52. The Hall–Kier alpha value is -2.60. The molecule has 4 rings (SSSR count). The second-order valence-electron chi connectivity index (χ2n) is 10.1. The molecular formula is C33H42. The Labute approximate surface area is 202 Å². The van der Waals surface area contributed by atoms with Crippen molar-refractivity contribution in [1.29, 1.82) is 0 Å². The van der Waals surface area contributed by atoms with Crippen LogP contribution in [0, 0.1) is 0 Å². The van der Waals surface area contributed by atoms with Crippen molar-refractivity contribution in [2.45, 2.75) is 84.5 Å². The highest BCUT2D eigenvalue weighted by atomic mass is 14.3. The molecule has 0 nitrogen and oxygen atoms in total. The average molecular weight is 439 g/mol. The van der Waals surface area contributed by atoms with Gasteiger partial charge >= 0.3 is 0 Å². The van der Waals surface area contributed by atoms with E-state index >= 15 is 0 Å². The molecule has 0 saturated carbocycles. The van der Waals surface area contributed by atoms with E-state index in [1.165, 1.54) is 46.2 Å². The van der Waals surface area contributed by atoms with Crippen molar-refractivity contribution >= 4 is 0 Å². The fourth-order valence-electron chi connectivity index (χ4n) is 4.80. The second kappa shape index (κ2) is 11.0. The SMILES string of the molecule is CC.CC(C)(C1=CCCC=C1)c1ccc(Cc2ccc(C(C)(C)C3=CCCC=C3)cc2)cc1. The van der Waals surface area contributed by atoms with Crippen LogP contribution in [0.15, 0.2) is 96.1 Å². The van der Waals surface area contributed by atoms with Gasteiger partial charge in [-0.25, -0.2) is 0 Å². The maximum Gasteiger partial charge on any atom is 0.0143 e. The highest BCUT2D eigenvalue weighted by Crippen LogP contribution is 2.36. The molecule has 0 atom stereocenters. The van der Waals surface area contributed by atoms with Gasteiger partial charge in [-0.1, -0.05) is 127 Å². The predicted octanol–water partition coefficient (Wildman–Crippen LogP) is 9.41. The molecule has 33 heavy (non-hydrogen) atoms. The van der Waals surface area contributed by atoms with Crippen molar-refractivity contribution in [3.63, 3.8) is 0 Å². The minimum absolute atomic E-state index is 0.0604. The molecule has 0 radical (unpaired) electrons. The number of allylic oxidation sites excluding steroid dienone is 8. The van der Waals surface area contributed by atoms with Crippen LogP contribution in [-0.4, -0.2) is 0 Å². The highest BCUT2D eigenvalue weighted by Gasteiger charge is 2.25. The molecule has 0 heterocycles. The maximum atomic E-state index is 2.40. The summed E-state index contributed by atoms with van der Waals surface area (Å²) in [5.74, 6) is 0. The van der Waals surface area contributed by atoms with E-state index in [-0.39, 0.29) is 10.8 Å². The molecule has 0 bridgehead atoms. The molecule has 2 aromatic rings. The molecule has 0 heteroatoms. The van der Waals surface area contributed by atoms with E-state index in [0.717, 1.165) is 19.3 Å². The van der Waals surface area contributed by atoms with Crippen LogP contribution in [0.4, 0.5) is 0 Å². The molecule has 0 saturated heterocycles. The minimum atomic E-state index is 0.0604. The Morgan fingerprint density at radius 1 is 0.545 bits per heavy atom. The lowest BCUT2D eigenvalue weighted by molar-refractivity contribution is 0.631. The summed E-state index contributed by atoms with van der Waals surface area (Å²) < 4.78 is 0. The van der Waals surface area contributed by atoms with Gasteiger partial charge in [0.15, 0.2) is 0 Å². The van der Waals surface area contributed by atoms with Crippen molar-refractivity contribution in [3.05, 3.63) is 118 Å². The number of hydrogen-bond donors (Lipinski definition) is 0. The summed E-state index contributed by atoms with van der Waals surface area (Å²) in [6.07, 6.45) is 19.7. The third-order valence-electron chi connectivity index (χ3n) is 7.19. The van der Waals surface area contributed by atoms with E-state index in [4.69, 9.17) is 0 Å². The van der Waals surface area contributed by atoms with Gasteiger partial charge in [0.25, 0.3) is 0 Å². The zero-order valence-corrected chi connectivity index (χ0v) is 21.6. The summed E-state index contributed by atoms with van der Waals surface area (Å²) >= 11 is 0. The highest BCUT2D eigenvalue weighted by molar-refractivity contribution is 5.44. The summed E-state index contributed by atoms with van der Waals surface area (Å²) in [6, 6.07) is 18.5. The first-order valence-corrected chi connectivity index (χ1v) is 12.8. The Morgan fingerprint density at radius 3 is 1.21 bits per heavy atom. The third kappa shape index (κ3) is 5.85. The first-order valence-electron chi connectivity index (χ1n) is 12.8. The van der Waals surface area contributed by atoms with Gasteiger partial charge in [-0.05, 0) is 65.5 Å². The van der Waals surface area contributed by atoms with E-state index in [1.807, 2.05) is 13.8 Å². The van der Waals surface area contributed by atoms with Gasteiger partial charge < -0.3 is 0 Å². The predicted molar refractivity (Wildman–Crippen MR) is 146 cm³/mol. The average Bonchev–Trinajstić information content (AvgIpc) is 2.87. The van der Waals surface area contributed by atoms with Crippen LogP contribution < -0.4 is 0 Å².